The van der Waals surface area contributed by atoms with E-state index in [1.54, 1.807) is 0 Å². The quantitative estimate of drug-likeness (QED) is 0.670. The van der Waals surface area contributed by atoms with Crippen LogP contribution in [0.4, 0.5) is 0 Å². The van der Waals surface area contributed by atoms with Crippen molar-refractivity contribution < 1.29 is 0 Å². The lowest BCUT2D eigenvalue weighted by Crippen LogP contribution is -2.26. The van der Waals surface area contributed by atoms with Crippen LogP contribution in [0, 0.1) is 0 Å². The van der Waals surface area contributed by atoms with Crippen molar-refractivity contribution in [1.82, 2.24) is 10.2 Å². The van der Waals surface area contributed by atoms with Crippen LogP contribution in [-0.2, 0) is 0 Å². The van der Waals surface area contributed by atoms with Crippen LogP contribution >= 0.6 is 0 Å². The maximum atomic E-state index is 3.14. The van der Waals surface area contributed by atoms with Gasteiger partial charge >= 0.3 is 0 Å². The van der Waals surface area contributed by atoms with E-state index in [1.165, 1.54) is 11.4 Å². The van der Waals surface area contributed by atoms with E-state index in [-0.39, 0.29) is 0 Å². The van der Waals surface area contributed by atoms with Crippen LogP contribution in [0.25, 0.3) is 0 Å². The molecule has 0 unspecified atom stereocenters. The summed E-state index contributed by atoms with van der Waals surface area (Å²) in [6.07, 6.45) is 0. The number of nitrogens with zero attached hydrogens (tertiary/aromatic N) is 1. The summed E-state index contributed by atoms with van der Waals surface area (Å²) < 4.78 is 0. The van der Waals surface area contributed by atoms with Crippen molar-refractivity contribution in [2.45, 2.75) is 33.7 Å². The Labute approximate surface area is 70.3 Å². The molecule has 0 fully saturated rings. The maximum Gasteiger partial charge on any atom is 0.0290 e. The number of nitrogens with one attached hydrogen (secondary N) is 1. The third-order valence-corrected chi connectivity index (χ3v) is 2.22. The second kappa shape index (κ2) is 4.27. The van der Waals surface area contributed by atoms with Gasteiger partial charge in [0.1, 0.15) is 0 Å². The number of rotatable bonds is 3. The molecule has 0 saturated heterocycles. The lowest BCUT2D eigenvalue weighted by Gasteiger charge is -2.26. The highest BCUT2D eigenvalue weighted by Gasteiger charge is 2.04. The summed E-state index contributed by atoms with van der Waals surface area (Å²) in [6, 6.07) is 0.568. The minimum atomic E-state index is 0.568. The standard InChI is InChI=1S/C9H20N2/c1-7(2)11(6)9(4)8(3)10-5/h7,10H,1-6H3/b9-8-. The second-order valence-electron chi connectivity index (χ2n) is 3.17. The van der Waals surface area contributed by atoms with Gasteiger partial charge in [-0.3, -0.25) is 0 Å². The topological polar surface area (TPSA) is 15.3 Å². The Kier molecular flexibility index (Phi) is 4.01. The Morgan fingerprint density at radius 3 is 2.00 bits per heavy atom. The highest BCUT2D eigenvalue weighted by atomic mass is 15.1. The molecule has 0 aromatic rings. The summed E-state index contributed by atoms with van der Waals surface area (Å²) >= 11 is 0. The van der Waals surface area contributed by atoms with Gasteiger partial charge in [0.25, 0.3) is 0 Å². The lowest BCUT2D eigenvalue weighted by molar-refractivity contribution is 0.339. The Balaban J connectivity index is 4.33. The van der Waals surface area contributed by atoms with Crippen molar-refractivity contribution >= 4 is 0 Å². The predicted molar refractivity (Wildman–Crippen MR) is 50.3 cm³/mol. The van der Waals surface area contributed by atoms with Gasteiger partial charge in [0.15, 0.2) is 0 Å². The summed E-state index contributed by atoms with van der Waals surface area (Å²) in [7, 11) is 4.06. The van der Waals surface area contributed by atoms with Crippen molar-refractivity contribution in [2.75, 3.05) is 14.1 Å². The van der Waals surface area contributed by atoms with Gasteiger partial charge in [0, 0.05) is 31.5 Å². The van der Waals surface area contributed by atoms with Crippen LogP contribution < -0.4 is 5.32 Å². The fourth-order valence-corrected chi connectivity index (χ4v) is 0.833. The first-order chi connectivity index (χ1) is 5.00. The smallest absolute Gasteiger partial charge is 0.0290 e. The monoisotopic (exact) mass is 156 g/mol. The van der Waals surface area contributed by atoms with Crippen molar-refractivity contribution in [3.8, 4) is 0 Å². The predicted octanol–water partition coefficient (Wildman–Crippen LogP) is 1.80. The van der Waals surface area contributed by atoms with Gasteiger partial charge in [0.2, 0.25) is 0 Å². The molecule has 0 aromatic heterocycles. The minimum Gasteiger partial charge on any atom is -0.390 e. The number of hydrogen-bond donors (Lipinski definition) is 1. The van der Waals surface area contributed by atoms with Gasteiger partial charge in [-0.2, -0.15) is 0 Å². The molecular formula is C9H20N2. The zero-order valence-corrected chi connectivity index (χ0v) is 8.52. The summed E-state index contributed by atoms with van der Waals surface area (Å²) in [5.74, 6) is 0. The van der Waals surface area contributed by atoms with E-state index in [0.29, 0.717) is 6.04 Å². The molecule has 0 saturated carbocycles. The van der Waals surface area contributed by atoms with Crippen LogP contribution in [0.3, 0.4) is 0 Å². The summed E-state index contributed by atoms with van der Waals surface area (Å²) in [4.78, 5) is 2.26. The molecule has 66 valence electrons. The van der Waals surface area contributed by atoms with Crippen LogP contribution in [0.1, 0.15) is 27.7 Å². The lowest BCUT2D eigenvalue weighted by atomic mass is 10.3. The van der Waals surface area contributed by atoms with Gasteiger partial charge in [-0.1, -0.05) is 0 Å². The molecule has 11 heavy (non-hydrogen) atoms. The largest absolute Gasteiger partial charge is 0.390 e. The molecule has 0 amide bonds. The molecule has 0 bridgehead atoms. The molecule has 0 spiro atoms. The molecule has 0 aliphatic heterocycles. The van der Waals surface area contributed by atoms with Crippen molar-refractivity contribution in [2.24, 2.45) is 0 Å². The van der Waals surface area contributed by atoms with E-state index in [2.05, 4.69) is 45.0 Å². The average Bonchev–Trinajstić information content (AvgIpc) is 2.00. The minimum absolute atomic E-state index is 0.568. The van der Waals surface area contributed by atoms with Crippen LogP contribution in [0.2, 0.25) is 0 Å². The van der Waals surface area contributed by atoms with E-state index < -0.39 is 0 Å². The zero-order chi connectivity index (χ0) is 9.02. The summed E-state index contributed by atoms with van der Waals surface area (Å²) in [5, 5.41) is 3.14. The molecule has 0 aromatic carbocycles. The summed E-state index contributed by atoms with van der Waals surface area (Å²) in [5.41, 5.74) is 2.55. The first-order valence-electron chi connectivity index (χ1n) is 4.08. The molecule has 1 N–H and O–H groups in total. The molecule has 0 aliphatic carbocycles. The van der Waals surface area contributed by atoms with E-state index in [4.69, 9.17) is 0 Å². The number of hydrogen-bond acceptors (Lipinski definition) is 2. The Morgan fingerprint density at radius 1 is 1.27 bits per heavy atom. The van der Waals surface area contributed by atoms with E-state index >= 15 is 0 Å². The van der Waals surface area contributed by atoms with Crippen molar-refractivity contribution in [3.63, 3.8) is 0 Å². The first kappa shape index (κ1) is 10.3. The Morgan fingerprint density at radius 2 is 1.73 bits per heavy atom. The Bertz CT molecular complexity index is 148. The normalized spacial score (nSPS) is 13.0. The van der Waals surface area contributed by atoms with Gasteiger partial charge in [-0.05, 0) is 27.7 Å². The fraction of sp³-hybridized carbons (Fsp3) is 0.778. The molecule has 0 radical (unpaired) electrons. The highest BCUT2D eigenvalue weighted by Crippen LogP contribution is 2.08. The zero-order valence-electron chi connectivity index (χ0n) is 8.52. The third-order valence-electron chi connectivity index (χ3n) is 2.22. The van der Waals surface area contributed by atoms with E-state index in [9.17, 15) is 0 Å². The molecule has 0 rings (SSSR count). The maximum absolute atomic E-state index is 3.14. The SMILES string of the molecule is CN/C(C)=C(/C)N(C)C(C)C. The highest BCUT2D eigenvalue weighted by molar-refractivity contribution is 5.06. The van der Waals surface area contributed by atoms with E-state index in [0.717, 1.165) is 0 Å². The van der Waals surface area contributed by atoms with Crippen LogP contribution in [0.15, 0.2) is 11.4 Å². The van der Waals surface area contributed by atoms with Crippen molar-refractivity contribution in [3.05, 3.63) is 11.4 Å². The first-order valence-corrected chi connectivity index (χ1v) is 4.08. The van der Waals surface area contributed by atoms with Crippen LogP contribution in [-0.4, -0.2) is 25.0 Å². The van der Waals surface area contributed by atoms with Gasteiger partial charge in [-0.25, -0.2) is 0 Å². The van der Waals surface area contributed by atoms with E-state index in [1.807, 2.05) is 7.05 Å². The molecule has 0 heterocycles. The Hall–Kier alpha value is -0.660. The molecule has 2 nitrogen and oxygen atoms in total. The van der Waals surface area contributed by atoms with Gasteiger partial charge in [-0.15, -0.1) is 0 Å². The molecule has 2 heteroatoms. The molecule has 0 aliphatic rings. The number of allylic oxidation sites excluding steroid dienone is 2. The summed E-state index contributed by atoms with van der Waals surface area (Å²) in [6.45, 7) is 8.60. The third kappa shape index (κ3) is 2.83. The van der Waals surface area contributed by atoms with Crippen molar-refractivity contribution in [1.29, 1.82) is 0 Å². The second-order valence-corrected chi connectivity index (χ2v) is 3.17. The molecule has 0 atom stereocenters. The van der Waals surface area contributed by atoms with Crippen LogP contribution in [0.5, 0.6) is 0 Å². The average molecular weight is 156 g/mol. The fourth-order valence-electron chi connectivity index (χ4n) is 0.833. The van der Waals surface area contributed by atoms with Gasteiger partial charge in [0.05, 0.1) is 0 Å². The molecular weight excluding hydrogens is 136 g/mol. The van der Waals surface area contributed by atoms with Gasteiger partial charge < -0.3 is 10.2 Å².